The number of ketones is 3. The Morgan fingerprint density at radius 2 is 1.68 bits per heavy atom. The van der Waals surface area contributed by atoms with Gasteiger partial charge in [-0.25, -0.2) is 0 Å². The van der Waals surface area contributed by atoms with E-state index in [1.165, 1.54) is 30.3 Å². The van der Waals surface area contributed by atoms with E-state index < -0.39 is 23.0 Å². The van der Waals surface area contributed by atoms with Crippen LogP contribution in [0.3, 0.4) is 0 Å². The molecule has 22 heavy (non-hydrogen) atoms. The van der Waals surface area contributed by atoms with Crippen molar-refractivity contribution in [2.45, 2.75) is 5.60 Å². The molecule has 2 aromatic rings. The number of carbonyl (C=O) groups is 3. The molecule has 1 aliphatic rings. The number of anilines is 1. The van der Waals surface area contributed by atoms with Gasteiger partial charge in [0.1, 0.15) is 0 Å². The Bertz CT molecular complexity index is 801. The molecule has 1 aliphatic carbocycles. The Hall–Kier alpha value is -2.83. The molecule has 3 rings (SSSR count). The number of fused-ring (bicyclic) bond motifs is 1. The van der Waals surface area contributed by atoms with E-state index >= 15 is 0 Å². The maximum absolute atomic E-state index is 12.5. The van der Waals surface area contributed by atoms with Gasteiger partial charge >= 0.3 is 0 Å². The number of Topliss-reactive ketones (excluding diaryl/α,β-unsaturated/α-hetero) is 3. The number of aliphatic hydroxyl groups is 1. The van der Waals surface area contributed by atoms with Crippen molar-refractivity contribution < 1.29 is 19.5 Å². The van der Waals surface area contributed by atoms with E-state index in [2.05, 4.69) is 5.43 Å². The number of rotatable bonds is 3. The third kappa shape index (κ3) is 1.71. The third-order valence-electron chi connectivity index (χ3n) is 3.71. The summed E-state index contributed by atoms with van der Waals surface area (Å²) in [6.45, 7) is 0. The zero-order valence-electron chi connectivity index (χ0n) is 11.4. The molecule has 0 bridgehead atoms. The van der Waals surface area contributed by atoms with E-state index in [0.29, 0.717) is 0 Å². The summed E-state index contributed by atoms with van der Waals surface area (Å²) in [6.07, 6.45) is 0. The van der Waals surface area contributed by atoms with Gasteiger partial charge in [-0.2, -0.15) is 0 Å². The molecular weight excluding hydrogens is 284 g/mol. The van der Waals surface area contributed by atoms with Crippen LogP contribution in [-0.2, 0) is 0 Å². The Balaban J connectivity index is 2.16. The summed E-state index contributed by atoms with van der Waals surface area (Å²) in [4.78, 5) is 37.5. The average Bonchev–Trinajstić information content (AvgIpc) is 2.77. The predicted octanol–water partition coefficient (Wildman–Crippen LogP) is 0.965. The fourth-order valence-corrected chi connectivity index (χ4v) is 2.59. The van der Waals surface area contributed by atoms with Crippen LogP contribution in [0.2, 0.25) is 0 Å². The van der Waals surface area contributed by atoms with Crippen molar-refractivity contribution in [3.8, 4) is 0 Å². The fraction of sp³-hybridized carbons (Fsp3) is 0.0625. The molecule has 0 saturated carbocycles. The highest BCUT2D eigenvalue weighted by atomic mass is 16.3. The molecule has 2 aromatic carbocycles. The van der Waals surface area contributed by atoms with Crippen molar-refractivity contribution in [1.82, 2.24) is 0 Å². The van der Waals surface area contributed by atoms with Crippen molar-refractivity contribution in [1.29, 1.82) is 0 Å². The predicted molar refractivity (Wildman–Crippen MR) is 78.6 cm³/mol. The van der Waals surface area contributed by atoms with Crippen molar-refractivity contribution in [2.24, 2.45) is 5.84 Å². The van der Waals surface area contributed by atoms with Gasteiger partial charge < -0.3 is 10.5 Å². The number of hydrazine groups is 1. The van der Waals surface area contributed by atoms with Crippen molar-refractivity contribution in [3.05, 3.63) is 65.2 Å². The van der Waals surface area contributed by atoms with E-state index in [1.807, 2.05) is 0 Å². The summed E-state index contributed by atoms with van der Waals surface area (Å²) in [5, 5.41) is 10.6. The minimum Gasteiger partial charge on any atom is -0.368 e. The standard InChI is InChI=1S/C16H12N2O4/c17-18-11-8-4-7-10-12(11)15(21)16(22,14(10)20)13(19)9-5-2-1-3-6-9/h1-8,18,22H,17H2. The summed E-state index contributed by atoms with van der Waals surface area (Å²) in [6, 6.07) is 12.1. The van der Waals surface area contributed by atoms with Crippen LogP contribution in [0.4, 0.5) is 5.69 Å². The van der Waals surface area contributed by atoms with Crippen molar-refractivity contribution in [3.63, 3.8) is 0 Å². The summed E-state index contributed by atoms with van der Waals surface area (Å²) < 4.78 is 0. The van der Waals surface area contributed by atoms with Gasteiger partial charge in [-0.15, -0.1) is 0 Å². The van der Waals surface area contributed by atoms with Crippen LogP contribution in [0.5, 0.6) is 0 Å². The zero-order chi connectivity index (χ0) is 15.9. The zero-order valence-corrected chi connectivity index (χ0v) is 11.4. The van der Waals surface area contributed by atoms with Crippen LogP contribution >= 0.6 is 0 Å². The summed E-state index contributed by atoms with van der Waals surface area (Å²) >= 11 is 0. The third-order valence-corrected chi connectivity index (χ3v) is 3.71. The van der Waals surface area contributed by atoms with Gasteiger partial charge in [-0.1, -0.05) is 42.5 Å². The molecule has 6 heteroatoms. The second-order valence-electron chi connectivity index (χ2n) is 4.94. The van der Waals surface area contributed by atoms with Crippen LogP contribution in [0.25, 0.3) is 0 Å². The van der Waals surface area contributed by atoms with Gasteiger partial charge in [0.2, 0.25) is 17.3 Å². The first kappa shape index (κ1) is 14.1. The highest BCUT2D eigenvalue weighted by molar-refractivity contribution is 6.45. The topological polar surface area (TPSA) is 109 Å². The maximum atomic E-state index is 12.5. The van der Waals surface area contributed by atoms with Crippen molar-refractivity contribution >= 4 is 23.0 Å². The largest absolute Gasteiger partial charge is 0.368 e. The van der Waals surface area contributed by atoms with Crippen molar-refractivity contribution in [2.75, 3.05) is 5.43 Å². The molecule has 1 atom stereocenters. The minimum absolute atomic E-state index is 0.0211. The van der Waals surface area contributed by atoms with Gasteiger partial charge in [0, 0.05) is 11.1 Å². The van der Waals surface area contributed by atoms with Crippen LogP contribution in [0, 0.1) is 0 Å². The highest BCUT2D eigenvalue weighted by Crippen LogP contribution is 2.36. The molecule has 0 heterocycles. The molecule has 4 N–H and O–H groups in total. The number of benzene rings is 2. The second kappa shape index (κ2) is 4.87. The van der Waals surface area contributed by atoms with Gasteiger partial charge in [-0.05, 0) is 6.07 Å². The summed E-state index contributed by atoms with van der Waals surface area (Å²) in [5.41, 5.74) is -0.256. The normalized spacial score (nSPS) is 19.9. The molecule has 0 saturated heterocycles. The van der Waals surface area contributed by atoms with Crippen LogP contribution < -0.4 is 11.3 Å². The summed E-state index contributed by atoms with van der Waals surface area (Å²) in [7, 11) is 0. The minimum atomic E-state index is -2.74. The Kier molecular flexibility index (Phi) is 3.13. The molecule has 110 valence electrons. The highest BCUT2D eigenvalue weighted by Gasteiger charge is 2.58. The number of nitrogen functional groups attached to an aromatic ring is 1. The maximum Gasteiger partial charge on any atom is 0.254 e. The molecule has 0 amide bonds. The number of nitrogens with two attached hydrogens (primary N) is 1. The molecule has 0 radical (unpaired) electrons. The van der Waals surface area contributed by atoms with E-state index in [0.717, 1.165) is 0 Å². The average molecular weight is 296 g/mol. The van der Waals surface area contributed by atoms with Gasteiger partial charge in [0.25, 0.3) is 5.60 Å². The van der Waals surface area contributed by atoms with Gasteiger partial charge in [0.15, 0.2) is 0 Å². The molecule has 1 unspecified atom stereocenters. The molecule has 0 spiro atoms. The van der Waals surface area contributed by atoms with E-state index in [-0.39, 0.29) is 22.4 Å². The SMILES string of the molecule is NNc1cccc2c1C(=O)C(O)(C(=O)c1ccccc1)C2=O. The van der Waals surface area contributed by atoms with Crippen LogP contribution in [0.1, 0.15) is 31.1 Å². The first-order valence-electron chi connectivity index (χ1n) is 6.53. The number of carbonyl (C=O) groups excluding carboxylic acids is 3. The first-order chi connectivity index (χ1) is 10.5. The van der Waals surface area contributed by atoms with E-state index in [9.17, 15) is 19.5 Å². The van der Waals surface area contributed by atoms with Crippen LogP contribution in [0.15, 0.2) is 48.5 Å². The number of hydrogen-bond acceptors (Lipinski definition) is 6. The monoisotopic (exact) mass is 296 g/mol. The molecular formula is C16H12N2O4. The smallest absolute Gasteiger partial charge is 0.254 e. The molecule has 0 aliphatic heterocycles. The van der Waals surface area contributed by atoms with E-state index in [1.54, 1.807) is 18.2 Å². The Morgan fingerprint density at radius 1 is 1.00 bits per heavy atom. The van der Waals surface area contributed by atoms with Gasteiger partial charge in [-0.3, -0.25) is 20.2 Å². The van der Waals surface area contributed by atoms with Gasteiger partial charge in [0.05, 0.1) is 11.3 Å². The second-order valence-corrected chi connectivity index (χ2v) is 4.94. The lowest BCUT2D eigenvalue weighted by atomic mass is 9.88. The Morgan fingerprint density at radius 3 is 2.32 bits per heavy atom. The number of nitrogens with one attached hydrogen (secondary N) is 1. The lowest BCUT2D eigenvalue weighted by Crippen LogP contribution is -2.49. The lowest BCUT2D eigenvalue weighted by molar-refractivity contribution is 0.0317. The lowest BCUT2D eigenvalue weighted by Gasteiger charge is -2.17. The molecule has 6 nitrogen and oxygen atoms in total. The first-order valence-corrected chi connectivity index (χ1v) is 6.53. The summed E-state index contributed by atoms with van der Waals surface area (Å²) in [5.74, 6) is 2.49. The quantitative estimate of drug-likeness (QED) is 0.337. The molecule has 0 aromatic heterocycles. The Labute approximate surface area is 125 Å². The van der Waals surface area contributed by atoms with Crippen LogP contribution in [-0.4, -0.2) is 28.1 Å². The molecule has 0 fully saturated rings. The van der Waals surface area contributed by atoms with E-state index in [4.69, 9.17) is 5.84 Å². The fourth-order valence-electron chi connectivity index (χ4n) is 2.59. The number of hydrogen-bond donors (Lipinski definition) is 3.